The third kappa shape index (κ3) is 4.91. The normalized spacial score (nSPS) is 16.2. The van der Waals surface area contributed by atoms with Crippen LogP contribution in [0.25, 0.3) is 0 Å². The second kappa shape index (κ2) is 9.73. The van der Waals surface area contributed by atoms with Crippen LogP contribution in [0.4, 0.5) is 5.00 Å². The summed E-state index contributed by atoms with van der Waals surface area (Å²) in [5.41, 5.74) is 3.86. The summed E-state index contributed by atoms with van der Waals surface area (Å²) >= 11 is 3.66. The van der Waals surface area contributed by atoms with Gasteiger partial charge in [0.2, 0.25) is 0 Å². The molecule has 158 valence electrons. The summed E-state index contributed by atoms with van der Waals surface area (Å²) in [6, 6.07) is 9.82. The number of thiophene rings is 1. The smallest absolute Gasteiger partial charge is 0.333 e. The molecule has 30 heavy (non-hydrogen) atoms. The first-order valence-electron chi connectivity index (χ1n) is 10.0. The molecule has 4 rings (SSSR count). The van der Waals surface area contributed by atoms with Crippen LogP contribution in [0.15, 0.2) is 58.3 Å². The minimum absolute atomic E-state index is 0.341. The maximum absolute atomic E-state index is 11.1. The van der Waals surface area contributed by atoms with Crippen LogP contribution in [-0.4, -0.2) is 37.4 Å². The van der Waals surface area contributed by atoms with Gasteiger partial charge < -0.3 is 18.9 Å². The van der Waals surface area contributed by atoms with Crippen LogP contribution in [0.2, 0.25) is 0 Å². The lowest BCUT2D eigenvalue weighted by molar-refractivity contribution is -0.148. The van der Waals surface area contributed by atoms with Gasteiger partial charge in [-0.15, -0.1) is 11.3 Å². The average Bonchev–Trinajstić information content (AvgIpc) is 3.36. The molecule has 5 nitrogen and oxygen atoms in total. The molecule has 2 heterocycles. The number of benzene rings is 1. The van der Waals surface area contributed by atoms with Gasteiger partial charge in [0.1, 0.15) is 10.8 Å². The molecule has 0 spiro atoms. The van der Waals surface area contributed by atoms with Crippen molar-refractivity contribution in [3.63, 3.8) is 0 Å². The van der Waals surface area contributed by atoms with Crippen LogP contribution < -0.4 is 9.04 Å². The molecule has 1 aromatic heterocycles. The van der Waals surface area contributed by atoms with Crippen molar-refractivity contribution in [1.29, 1.82) is 0 Å². The van der Waals surface area contributed by atoms with Crippen molar-refractivity contribution in [3.8, 4) is 5.75 Å². The van der Waals surface area contributed by atoms with Crippen LogP contribution in [0.1, 0.15) is 24.0 Å². The maximum Gasteiger partial charge on any atom is 0.333 e. The van der Waals surface area contributed by atoms with Crippen LogP contribution in [0.5, 0.6) is 5.75 Å². The molecule has 0 saturated carbocycles. The van der Waals surface area contributed by atoms with Gasteiger partial charge in [-0.2, -0.15) is 0 Å². The van der Waals surface area contributed by atoms with Crippen LogP contribution in [0.3, 0.4) is 0 Å². The van der Waals surface area contributed by atoms with Gasteiger partial charge in [0.25, 0.3) is 0 Å². The number of fused-ring (bicyclic) bond motifs is 1. The van der Waals surface area contributed by atoms with E-state index < -0.39 is 12.1 Å². The highest BCUT2D eigenvalue weighted by molar-refractivity contribution is 8.04. The van der Waals surface area contributed by atoms with E-state index in [4.69, 9.17) is 14.6 Å². The highest BCUT2D eigenvalue weighted by atomic mass is 32.2. The van der Waals surface area contributed by atoms with E-state index in [1.807, 2.05) is 47.6 Å². The predicted molar refractivity (Wildman–Crippen MR) is 122 cm³/mol. The van der Waals surface area contributed by atoms with E-state index in [-0.39, 0.29) is 0 Å². The zero-order valence-corrected chi connectivity index (χ0v) is 18.5. The Morgan fingerprint density at radius 3 is 2.87 bits per heavy atom. The summed E-state index contributed by atoms with van der Waals surface area (Å²) in [4.78, 5) is 12.5. The molecule has 7 heteroatoms. The van der Waals surface area contributed by atoms with Gasteiger partial charge in [0, 0.05) is 31.4 Å². The molecular weight excluding hydrogens is 418 g/mol. The third-order valence-corrected chi connectivity index (χ3v) is 7.52. The number of carboxylic acid groups (broad SMARTS) is 1. The van der Waals surface area contributed by atoms with Crippen molar-refractivity contribution < 1.29 is 19.4 Å². The fraction of sp³-hybridized carbons (Fsp3) is 0.348. The van der Waals surface area contributed by atoms with E-state index in [9.17, 15) is 4.79 Å². The summed E-state index contributed by atoms with van der Waals surface area (Å²) in [5.74, 6) is -0.152. The molecular formula is C23H25NO4S2. The molecule has 2 aromatic rings. The van der Waals surface area contributed by atoms with Gasteiger partial charge in [-0.3, -0.25) is 0 Å². The first-order chi connectivity index (χ1) is 14.6. The SMILES string of the molecule is COC(Cc1ccc(OCCCN2SC3=C(CC=C3)Cc3ccsc32)cc1)C(=O)O. The lowest BCUT2D eigenvalue weighted by atomic mass is 10.1. The Hall–Kier alpha value is -2.22. The highest BCUT2D eigenvalue weighted by Gasteiger charge is 2.23. The Balaban J connectivity index is 1.28. The number of allylic oxidation sites excluding steroid dienone is 3. The molecule has 0 bridgehead atoms. The molecule has 2 aliphatic rings. The lowest BCUT2D eigenvalue weighted by Gasteiger charge is -2.21. The van der Waals surface area contributed by atoms with Gasteiger partial charge in [-0.25, -0.2) is 4.79 Å². The molecule has 1 N–H and O–H groups in total. The number of carboxylic acids is 1. The van der Waals surface area contributed by atoms with Gasteiger partial charge in [-0.05, 0) is 65.1 Å². The van der Waals surface area contributed by atoms with Crippen LogP contribution in [-0.2, 0) is 22.4 Å². The number of anilines is 1. The molecule has 0 amide bonds. The van der Waals surface area contributed by atoms with Gasteiger partial charge in [0.05, 0.1) is 6.61 Å². The standard InChI is InChI=1S/C23H25NO4S2/c1-27-20(23(25)26)14-16-6-8-19(9-7-16)28-12-3-11-24-22-18(10-13-29-22)15-17-4-2-5-21(17)30-24/h2,5-10,13,20H,3-4,11-12,14-15H2,1H3,(H,25,26). The first-order valence-corrected chi connectivity index (χ1v) is 11.7. The largest absolute Gasteiger partial charge is 0.494 e. The Labute approximate surface area is 185 Å². The summed E-state index contributed by atoms with van der Waals surface area (Å²) in [6.07, 6.45) is 7.07. The van der Waals surface area contributed by atoms with Gasteiger partial charge in [-0.1, -0.05) is 24.3 Å². The average molecular weight is 444 g/mol. The molecule has 1 aliphatic heterocycles. The number of nitrogens with zero attached hydrogens (tertiary/aromatic N) is 1. The van der Waals surface area contributed by atoms with Crippen LogP contribution in [0, 0.1) is 0 Å². The molecule has 0 fully saturated rings. The third-order valence-electron chi connectivity index (χ3n) is 5.22. The Morgan fingerprint density at radius 1 is 1.27 bits per heavy atom. The van der Waals surface area contributed by atoms with E-state index in [0.29, 0.717) is 13.0 Å². The summed E-state index contributed by atoms with van der Waals surface area (Å²) in [7, 11) is 1.42. The van der Waals surface area contributed by atoms with E-state index in [0.717, 1.165) is 37.1 Å². The molecule has 0 radical (unpaired) electrons. The lowest BCUT2D eigenvalue weighted by Crippen LogP contribution is -2.24. The minimum atomic E-state index is -0.950. The fourth-order valence-electron chi connectivity index (χ4n) is 3.60. The zero-order chi connectivity index (χ0) is 20.9. The summed E-state index contributed by atoms with van der Waals surface area (Å²) in [5, 5.41) is 12.6. The molecule has 1 unspecified atom stereocenters. The molecule has 1 atom stereocenters. The predicted octanol–water partition coefficient (Wildman–Crippen LogP) is 5.08. The topological polar surface area (TPSA) is 59.0 Å². The van der Waals surface area contributed by atoms with Gasteiger partial charge >= 0.3 is 5.97 Å². The second-order valence-electron chi connectivity index (χ2n) is 7.31. The van der Waals surface area contributed by atoms with Crippen molar-refractivity contribution in [2.24, 2.45) is 0 Å². The van der Waals surface area contributed by atoms with E-state index in [2.05, 4.69) is 27.9 Å². The van der Waals surface area contributed by atoms with Crippen molar-refractivity contribution in [2.75, 3.05) is 24.6 Å². The summed E-state index contributed by atoms with van der Waals surface area (Å²) in [6.45, 7) is 1.56. The minimum Gasteiger partial charge on any atom is -0.494 e. The van der Waals surface area contributed by atoms with E-state index >= 15 is 0 Å². The van der Waals surface area contributed by atoms with E-state index in [1.165, 1.54) is 28.2 Å². The monoisotopic (exact) mass is 443 g/mol. The number of hydrogen-bond donors (Lipinski definition) is 1. The number of hydrogen-bond acceptors (Lipinski definition) is 6. The van der Waals surface area contributed by atoms with Crippen LogP contribution >= 0.6 is 23.3 Å². The maximum atomic E-state index is 11.1. The first kappa shape index (κ1) is 21.0. The second-order valence-corrected chi connectivity index (χ2v) is 9.27. The number of carbonyl (C=O) groups is 1. The van der Waals surface area contributed by atoms with E-state index in [1.54, 1.807) is 0 Å². The summed E-state index contributed by atoms with van der Waals surface area (Å²) < 4.78 is 13.3. The van der Waals surface area contributed by atoms with Crippen molar-refractivity contribution >= 4 is 34.3 Å². The van der Waals surface area contributed by atoms with Gasteiger partial charge in [0.15, 0.2) is 6.10 Å². The highest BCUT2D eigenvalue weighted by Crippen LogP contribution is 2.44. The Kier molecular flexibility index (Phi) is 6.82. The Morgan fingerprint density at radius 2 is 2.10 bits per heavy atom. The number of ether oxygens (including phenoxy) is 2. The number of aliphatic carboxylic acids is 1. The van der Waals surface area contributed by atoms with Crippen molar-refractivity contribution in [3.05, 3.63) is 69.5 Å². The van der Waals surface area contributed by atoms with Crippen molar-refractivity contribution in [2.45, 2.75) is 31.8 Å². The number of methoxy groups -OCH3 is 1. The Bertz CT molecular complexity index is 948. The molecule has 1 aliphatic carbocycles. The fourth-order valence-corrected chi connectivity index (χ4v) is 5.81. The van der Waals surface area contributed by atoms with Crippen molar-refractivity contribution in [1.82, 2.24) is 0 Å². The molecule has 0 saturated heterocycles. The zero-order valence-electron chi connectivity index (χ0n) is 16.9. The number of rotatable bonds is 9. The quantitative estimate of drug-likeness (QED) is 0.431. The molecule has 1 aromatic carbocycles.